The third-order valence-electron chi connectivity index (χ3n) is 3.90. The fraction of sp³-hybridized carbons (Fsp3) is 0.588. The molecule has 1 fully saturated rings. The number of anilines is 1. The van der Waals surface area contributed by atoms with Gasteiger partial charge in [-0.2, -0.15) is 0 Å². The summed E-state index contributed by atoms with van der Waals surface area (Å²) in [5.74, 6) is 1.74. The highest BCUT2D eigenvalue weighted by Gasteiger charge is 2.12. The smallest absolute Gasteiger partial charge is 0.193 e. The van der Waals surface area contributed by atoms with Crippen LogP contribution >= 0.6 is 0 Å². The Morgan fingerprint density at radius 1 is 1.30 bits per heavy atom. The van der Waals surface area contributed by atoms with Crippen molar-refractivity contribution in [3.63, 3.8) is 0 Å². The molecule has 2 rings (SSSR count). The Morgan fingerprint density at radius 3 is 2.83 bits per heavy atom. The molecule has 0 aliphatic carbocycles. The third-order valence-corrected chi connectivity index (χ3v) is 3.90. The molecule has 0 radical (unpaired) electrons. The largest absolute Gasteiger partial charge is 0.493 e. The van der Waals surface area contributed by atoms with Crippen molar-refractivity contribution in [1.29, 1.82) is 0 Å². The molecule has 1 aromatic carbocycles. The van der Waals surface area contributed by atoms with E-state index < -0.39 is 0 Å². The van der Waals surface area contributed by atoms with Crippen LogP contribution in [0.25, 0.3) is 0 Å². The Labute approximate surface area is 138 Å². The molecule has 6 nitrogen and oxygen atoms in total. The number of nitrogens with two attached hydrogens (primary N) is 1. The Morgan fingerprint density at radius 2 is 2.13 bits per heavy atom. The molecule has 1 saturated heterocycles. The van der Waals surface area contributed by atoms with Crippen LogP contribution in [0.15, 0.2) is 23.2 Å². The Bertz CT molecular complexity index is 514. The van der Waals surface area contributed by atoms with Gasteiger partial charge in [0.25, 0.3) is 0 Å². The highest BCUT2D eigenvalue weighted by molar-refractivity contribution is 5.92. The van der Waals surface area contributed by atoms with Crippen LogP contribution in [0.1, 0.15) is 32.1 Å². The van der Waals surface area contributed by atoms with Crippen molar-refractivity contribution in [3.8, 4) is 11.5 Å². The minimum Gasteiger partial charge on any atom is -0.493 e. The molecule has 1 atom stereocenters. The SMILES string of the molecule is COc1ccc(NC(N)=NCCCC2CCCCO2)cc1OC. The van der Waals surface area contributed by atoms with E-state index in [1.54, 1.807) is 14.2 Å². The van der Waals surface area contributed by atoms with Crippen molar-refractivity contribution < 1.29 is 14.2 Å². The summed E-state index contributed by atoms with van der Waals surface area (Å²) in [5.41, 5.74) is 6.74. The lowest BCUT2D eigenvalue weighted by Gasteiger charge is -2.22. The van der Waals surface area contributed by atoms with E-state index in [9.17, 15) is 0 Å². The first kappa shape index (κ1) is 17.4. The van der Waals surface area contributed by atoms with Gasteiger partial charge in [0, 0.05) is 24.9 Å². The fourth-order valence-corrected chi connectivity index (χ4v) is 2.65. The maximum absolute atomic E-state index is 5.92. The summed E-state index contributed by atoms with van der Waals surface area (Å²) in [4.78, 5) is 4.36. The lowest BCUT2D eigenvalue weighted by atomic mass is 10.1. The van der Waals surface area contributed by atoms with Crippen molar-refractivity contribution in [2.24, 2.45) is 10.7 Å². The van der Waals surface area contributed by atoms with Crippen molar-refractivity contribution in [3.05, 3.63) is 18.2 Å². The second kappa shape index (κ2) is 9.25. The minimum atomic E-state index is 0.402. The number of nitrogens with one attached hydrogen (secondary N) is 1. The predicted octanol–water partition coefficient (Wildman–Crippen LogP) is 2.78. The number of benzene rings is 1. The van der Waals surface area contributed by atoms with Crippen LogP contribution in [0.3, 0.4) is 0 Å². The number of hydrogen-bond donors (Lipinski definition) is 2. The van der Waals surface area contributed by atoms with Gasteiger partial charge in [-0.25, -0.2) is 0 Å². The molecule has 1 aromatic rings. The Hall–Kier alpha value is -1.95. The van der Waals surface area contributed by atoms with Gasteiger partial charge in [-0.15, -0.1) is 0 Å². The number of rotatable bonds is 7. The zero-order chi connectivity index (χ0) is 16.5. The summed E-state index contributed by atoms with van der Waals surface area (Å²) in [6.45, 7) is 1.60. The Kier molecular flexibility index (Phi) is 7.00. The predicted molar refractivity (Wildman–Crippen MR) is 92.5 cm³/mol. The lowest BCUT2D eigenvalue weighted by Crippen LogP contribution is -2.23. The van der Waals surface area contributed by atoms with Gasteiger partial charge in [-0.1, -0.05) is 0 Å². The van der Waals surface area contributed by atoms with Gasteiger partial charge in [0.1, 0.15) is 0 Å². The van der Waals surface area contributed by atoms with E-state index in [-0.39, 0.29) is 0 Å². The average Bonchev–Trinajstić information content (AvgIpc) is 2.59. The van der Waals surface area contributed by atoms with E-state index in [1.807, 2.05) is 18.2 Å². The van der Waals surface area contributed by atoms with Gasteiger partial charge in [-0.05, 0) is 44.2 Å². The number of nitrogens with zero attached hydrogens (tertiary/aromatic N) is 1. The van der Waals surface area contributed by atoms with E-state index in [4.69, 9.17) is 19.9 Å². The first-order valence-corrected chi connectivity index (χ1v) is 8.13. The molecule has 1 aliphatic heterocycles. The van der Waals surface area contributed by atoms with E-state index in [2.05, 4.69) is 10.3 Å². The quantitative estimate of drug-likeness (QED) is 0.459. The van der Waals surface area contributed by atoms with Gasteiger partial charge in [0.05, 0.1) is 20.3 Å². The number of methoxy groups -OCH3 is 2. The van der Waals surface area contributed by atoms with Crippen molar-refractivity contribution in [2.75, 3.05) is 32.7 Å². The van der Waals surface area contributed by atoms with Crippen molar-refractivity contribution in [2.45, 2.75) is 38.2 Å². The van der Waals surface area contributed by atoms with Crippen molar-refractivity contribution >= 4 is 11.6 Å². The molecule has 1 aliphatic rings. The summed E-state index contributed by atoms with van der Waals surface area (Å²) in [5, 5.41) is 3.07. The summed E-state index contributed by atoms with van der Waals surface area (Å²) in [7, 11) is 3.21. The van der Waals surface area contributed by atoms with Crippen LogP contribution in [0.4, 0.5) is 5.69 Å². The number of aliphatic imine (C=N–C) groups is 1. The molecule has 23 heavy (non-hydrogen) atoms. The molecule has 0 bridgehead atoms. The maximum Gasteiger partial charge on any atom is 0.193 e. The van der Waals surface area contributed by atoms with E-state index in [0.29, 0.717) is 30.1 Å². The van der Waals surface area contributed by atoms with Gasteiger partial charge in [0.2, 0.25) is 0 Å². The van der Waals surface area contributed by atoms with Gasteiger partial charge in [0.15, 0.2) is 17.5 Å². The number of guanidine groups is 1. The molecular formula is C17H27N3O3. The molecule has 0 spiro atoms. The van der Waals surface area contributed by atoms with Crippen LogP contribution in [-0.2, 0) is 4.74 Å². The second-order valence-corrected chi connectivity index (χ2v) is 5.59. The lowest BCUT2D eigenvalue weighted by molar-refractivity contribution is 0.0105. The normalized spacial score (nSPS) is 18.5. The standard InChI is InChI=1S/C17H27N3O3/c1-21-15-9-8-13(12-16(15)22-2)20-17(18)19-10-5-7-14-6-3-4-11-23-14/h8-9,12,14H,3-7,10-11H2,1-2H3,(H3,18,19,20). The minimum absolute atomic E-state index is 0.402. The van der Waals surface area contributed by atoms with E-state index in [1.165, 1.54) is 19.3 Å². The Balaban J connectivity index is 1.77. The summed E-state index contributed by atoms with van der Waals surface area (Å²) >= 11 is 0. The highest BCUT2D eigenvalue weighted by Crippen LogP contribution is 2.29. The van der Waals surface area contributed by atoms with Crippen LogP contribution in [0.5, 0.6) is 11.5 Å². The molecule has 1 heterocycles. The first-order chi connectivity index (χ1) is 11.2. The summed E-state index contributed by atoms with van der Waals surface area (Å²) < 4.78 is 16.2. The molecule has 0 saturated carbocycles. The fourth-order valence-electron chi connectivity index (χ4n) is 2.65. The highest BCUT2D eigenvalue weighted by atomic mass is 16.5. The molecule has 128 valence electrons. The zero-order valence-corrected chi connectivity index (χ0v) is 14.0. The molecular weight excluding hydrogens is 294 g/mol. The number of hydrogen-bond acceptors (Lipinski definition) is 4. The molecule has 6 heteroatoms. The average molecular weight is 321 g/mol. The van der Waals surface area contributed by atoms with Crippen LogP contribution in [0.2, 0.25) is 0 Å². The van der Waals surface area contributed by atoms with E-state index >= 15 is 0 Å². The zero-order valence-electron chi connectivity index (χ0n) is 14.0. The maximum atomic E-state index is 5.92. The van der Waals surface area contributed by atoms with Crippen LogP contribution < -0.4 is 20.5 Å². The third kappa shape index (κ3) is 5.63. The molecule has 0 amide bonds. The first-order valence-electron chi connectivity index (χ1n) is 8.13. The topological polar surface area (TPSA) is 78.1 Å². The number of ether oxygens (including phenoxy) is 3. The van der Waals surface area contributed by atoms with E-state index in [0.717, 1.165) is 25.1 Å². The van der Waals surface area contributed by atoms with Crippen molar-refractivity contribution in [1.82, 2.24) is 0 Å². The molecule has 3 N–H and O–H groups in total. The van der Waals surface area contributed by atoms with Gasteiger partial charge in [-0.3, -0.25) is 4.99 Å². The molecule has 1 unspecified atom stereocenters. The van der Waals surface area contributed by atoms with Gasteiger partial charge >= 0.3 is 0 Å². The summed E-state index contributed by atoms with van der Waals surface area (Å²) in [6.07, 6.45) is 6.07. The summed E-state index contributed by atoms with van der Waals surface area (Å²) in [6, 6.07) is 5.53. The molecule has 0 aromatic heterocycles. The van der Waals surface area contributed by atoms with Crippen LogP contribution in [0, 0.1) is 0 Å². The van der Waals surface area contributed by atoms with Gasteiger partial charge < -0.3 is 25.3 Å². The van der Waals surface area contributed by atoms with Crippen LogP contribution in [-0.4, -0.2) is 39.4 Å². The second-order valence-electron chi connectivity index (χ2n) is 5.59. The monoisotopic (exact) mass is 321 g/mol.